The highest BCUT2D eigenvalue weighted by molar-refractivity contribution is 9.10. The van der Waals surface area contributed by atoms with Crippen molar-refractivity contribution in [2.75, 3.05) is 7.11 Å². The van der Waals surface area contributed by atoms with E-state index in [2.05, 4.69) is 30.6 Å². The van der Waals surface area contributed by atoms with Crippen LogP contribution in [-0.4, -0.2) is 25.5 Å². The van der Waals surface area contributed by atoms with E-state index in [1.54, 1.807) is 24.5 Å². The first-order valence-corrected chi connectivity index (χ1v) is 8.60. The van der Waals surface area contributed by atoms with Crippen molar-refractivity contribution in [2.45, 2.75) is 24.3 Å². The van der Waals surface area contributed by atoms with Crippen LogP contribution < -0.4 is 9.46 Å². The van der Waals surface area contributed by atoms with Gasteiger partial charge in [0.2, 0.25) is 10.0 Å². The summed E-state index contributed by atoms with van der Waals surface area (Å²) in [7, 11) is -2.29. The Kier molecular flexibility index (Phi) is 5.02. The van der Waals surface area contributed by atoms with Gasteiger partial charge in [0.1, 0.15) is 16.5 Å². The summed E-state index contributed by atoms with van der Waals surface area (Å²) in [5.74, 6) is 0.870. The number of halogens is 1. The Bertz CT molecular complexity index is 701. The number of nitrogens with zero attached hydrogens (tertiary/aromatic N) is 1. The molecule has 0 bridgehead atoms. The second kappa shape index (κ2) is 6.59. The lowest BCUT2D eigenvalue weighted by molar-refractivity contribution is 0.401. The Morgan fingerprint density at radius 3 is 2.81 bits per heavy atom. The molecule has 21 heavy (non-hydrogen) atoms. The first-order chi connectivity index (χ1) is 9.97. The zero-order chi connectivity index (χ0) is 15.5. The van der Waals surface area contributed by atoms with Crippen molar-refractivity contribution in [1.29, 1.82) is 0 Å². The molecule has 0 saturated heterocycles. The normalized spacial score (nSPS) is 13.1. The van der Waals surface area contributed by atoms with E-state index in [1.807, 2.05) is 6.92 Å². The molecular formula is C13H16BrN3O3S. The maximum Gasteiger partial charge on any atom is 0.244 e. The van der Waals surface area contributed by atoms with E-state index in [-0.39, 0.29) is 4.90 Å². The van der Waals surface area contributed by atoms with E-state index in [9.17, 15) is 8.42 Å². The summed E-state index contributed by atoms with van der Waals surface area (Å²) in [4.78, 5) is 7.11. The van der Waals surface area contributed by atoms with E-state index >= 15 is 0 Å². The third-order valence-corrected chi connectivity index (χ3v) is 4.96. The van der Waals surface area contributed by atoms with E-state index < -0.39 is 16.1 Å². The number of benzene rings is 1. The van der Waals surface area contributed by atoms with Crippen molar-refractivity contribution in [2.24, 2.45) is 0 Å². The van der Waals surface area contributed by atoms with Gasteiger partial charge in [0, 0.05) is 16.9 Å². The maximum absolute atomic E-state index is 12.6. The smallest absolute Gasteiger partial charge is 0.244 e. The molecule has 0 spiro atoms. The molecule has 0 fully saturated rings. The zero-order valence-corrected chi connectivity index (χ0v) is 14.0. The van der Waals surface area contributed by atoms with Crippen LogP contribution in [0.25, 0.3) is 0 Å². The molecule has 1 atom stereocenters. The average Bonchev–Trinajstić information content (AvgIpc) is 2.99. The summed E-state index contributed by atoms with van der Waals surface area (Å²) in [5, 5.41) is 0. The second-order valence-electron chi connectivity index (χ2n) is 4.35. The van der Waals surface area contributed by atoms with Crippen LogP contribution in [0, 0.1) is 0 Å². The van der Waals surface area contributed by atoms with E-state index in [1.165, 1.54) is 13.2 Å². The van der Waals surface area contributed by atoms with Crippen LogP contribution in [0.3, 0.4) is 0 Å². The highest BCUT2D eigenvalue weighted by Gasteiger charge is 2.25. The average molecular weight is 374 g/mol. The van der Waals surface area contributed by atoms with Crippen LogP contribution in [0.4, 0.5) is 0 Å². The van der Waals surface area contributed by atoms with Crippen molar-refractivity contribution < 1.29 is 13.2 Å². The van der Waals surface area contributed by atoms with Gasteiger partial charge < -0.3 is 9.72 Å². The third-order valence-electron chi connectivity index (χ3n) is 2.97. The lowest BCUT2D eigenvalue weighted by Gasteiger charge is -2.16. The van der Waals surface area contributed by atoms with Gasteiger partial charge in [-0.05, 0) is 24.6 Å². The lowest BCUT2D eigenvalue weighted by atomic mass is 10.2. The molecular weight excluding hydrogens is 358 g/mol. The van der Waals surface area contributed by atoms with Gasteiger partial charge in [0.25, 0.3) is 0 Å². The highest BCUT2D eigenvalue weighted by Crippen LogP contribution is 2.28. The molecule has 1 aromatic heterocycles. The Morgan fingerprint density at radius 1 is 1.48 bits per heavy atom. The number of aromatic nitrogens is 2. The largest absolute Gasteiger partial charge is 0.495 e. The van der Waals surface area contributed by atoms with Crippen molar-refractivity contribution >= 4 is 26.0 Å². The number of H-pyrrole nitrogens is 1. The molecule has 0 aliphatic rings. The summed E-state index contributed by atoms with van der Waals surface area (Å²) in [5.41, 5.74) is 0. The highest BCUT2D eigenvalue weighted by atomic mass is 79.9. The Hall–Kier alpha value is -1.38. The number of imidazole rings is 1. The Morgan fingerprint density at radius 2 is 2.24 bits per heavy atom. The number of rotatable bonds is 6. The van der Waals surface area contributed by atoms with Gasteiger partial charge in [-0.25, -0.2) is 18.1 Å². The zero-order valence-electron chi connectivity index (χ0n) is 11.6. The monoisotopic (exact) mass is 373 g/mol. The molecule has 6 nitrogen and oxygen atoms in total. The first kappa shape index (κ1) is 16.0. The molecule has 0 aliphatic carbocycles. The van der Waals surface area contributed by atoms with Gasteiger partial charge in [-0.3, -0.25) is 0 Å². The molecule has 8 heteroatoms. The maximum atomic E-state index is 12.6. The first-order valence-electron chi connectivity index (χ1n) is 6.33. The van der Waals surface area contributed by atoms with Gasteiger partial charge in [0.15, 0.2) is 0 Å². The fourth-order valence-electron chi connectivity index (χ4n) is 1.91. The topological polar surface area (TPSA) is 84.1 Å². The number of nitrogens with one attached hydrogen (secondary N) is 2. The summed E-state index contributed by atoms with van der Waals surface area (Å²) in [6, 6.07) is 4.41. The molecule has 0 amide bonds. The van der Waals surface area contributed by atoms with Crippen molar-refractivity contribution in [1.82, 2.24) is 14.7 Å². The van der Waals surface area contributed by atoms with Gasteiger partial charge in [-0.15, -0.1) is 0 Å². The summed E-state index contributed by atoms with van der Waals surface area (Å²) >= 11 is 3.27. The van der Waals surface area contributed by atoms with Crippen molar-refractivity contribution in [3.05, 3.63) is 40.9 Å². The predicted octanol–water partition coefficient (Wildman–Crippen LogP) is 2.61. The fraction of sp³-hybridized carbons (Fsp3) is 0.308. The Labute approximate surface area is 132 Å². The SMILES string of the molecule is CCC(NS(=O)(=O)c1cc(Br)ccc1OC)c1ncc[nH]1. The fourth-order valence-corrected chi connectivity index (χ4v) is 3.90. The third kappa shape index (κ3) is 3.63. The molecule has 114 valence electrons. The molecule has 2 N–H and O–H groups in total. The lowest BCUT2D eigenvalue weighted by Crippen LogP contribution is -2.29. The minimum Gasteiger partial charge on any atom is -0.495 e. The number of sulfonamides is 1. The predicted molar refractivity (Wildman–Crippen MR) is 82.6 cm³/mol. The Balaban J connectivity index is 2.36. The molecule has 0 saturated carbocycles. The molecule has 1 heterocycles. The van der Waals surface area contributed by atoms with Gasteiger partial charge in [-0.1, -0.05) is 22.9 Å². The van der Waals surface area contributed by atoms with Crippen LogP contribution in [-0.2, 0) is 10.0 Å². The number of hydrogen-bond acceptors (Lipinski definition) is 4. The standard InChI is InChI=1S/C13H16BrN3O3S/c1-3-10(13-15-6-7-16-13)17-21(18,19)12-8-9(14)4-5-11(12)20-2/h4-8,10,17H,3H2,1-2H3,(H,15,16). The number of ether oxygens (including phenoxy) is 1. The number of methoxy groups -OCH3 is 1. The van der Waals surface area contributed by atoms with Gasteiger partial charge in [0.05, 0.1) is 13.2 Å². The van der Waals surface area contributed by atoms with E-state index in [0.29, 0.717) is 22.5 Å². The molecule has 1 unspecified atom stereocenters. The molecule has 0 radical (unpaired) electrons. The second-order valence-corrected chi connectivity index (χ2v) is 6.95. The summed E-state index contributed by atoms with van der Waals surface area (Å²) in [6.07, 6.45) is 3.82. The van der Waals surface area contributed by atoms with Gasteiger partial charge >= 0.3 is 0 Å². The van der Waals surface area contributed by atoms with Crippen molar-refractivity contribution in [3.63, 3.8) is 0 Å². The van der Waals surface area contributed by atoms with Gasteiger partial charge in [-0.2, -0.15) is 0 Å². The van der Waals surface area contributed by atoms with Crippen molar-refractivity contribution in [3.8, 4) is 5.75 Å². The summed E-state index contributed by atoms with van der Waals surface area (Å²) in [6.45, 7) is 1.88. The molecule has 1 aromatic carbocycles. The van der Waals surface area contributed by atoms with Crippen LogP contribution in [0.2, 0.25) is 0 Å². The molecule has 0 aliphatic heterocycles. The number of hydrogen-bond donors (Lipinski definition) is 2. The van der Waals surface area contributed by atoms with Crippen LogP contribution in [0.1, 0.15) is 25.2 Å². The minimum absolute atomic E-state index is 0.0874. The van der Waals surface area contributed by atoms with Crippen LogP contribution in [0.5, 0.6) is 5.75 Å². The minimum atomic E-state index is -3.73. The van der Waals surface area contributed by atoms with E-state index in [4.69, 9.17) is 4.74 Å². The van der Waals surface area contributed by atoms with Crippen LogP contribution in [0.15, 0.2) is 40.0 Å². The number of aromatic amines is 1. The molecule has 2 aromatic rings. The summed E-state index contributed by atoms with van der Waals surface area (Å²) < 4.78 is 33.6. The van der Waals surface area contributed by atoms with Crippen LogP contribution >= 0.6 is 15.9 Å². The quantitative estimate of drug-likeness (QED) is 0.814. The van der Waals surface area contributed by atoms with E-state index in [0.717, 1.165) is 0 Å². The molecule has 2 rings (SSSR count).